The van der Waals surface area contributed by atoms with E-state index in [9.17, 15) is 31.1 Å². The summed E-state index contributed by atoms with van der Waals surface area (Å²) in [7, 11) is 0. The summed E-state index contributed by atoms with van der Waals surface area (Å²) in [5.74, 6) is -0.872. The van der Waals surface area contributed by atoms with Crippen molar-refractivity contribution in [2.75, 3.05) is 0 Å². The maximum Gasteiger partial charge on any atom is 0.416 e. The number of carbonyl (C=O) groups is 1. The van der Waals surface area contributed by atoms with Crippen LogP contribution in [0.15, 0.2) is 24.3 Å². The molecule has 128 valence electrons. The minimum absolute atomic E-state index is 0.0187. The minimum atomic E-state index is -4.93. The number of benzene rings is 1. The Kier molecular flexibility index (Phi) is 5.18. The van der Waals surface area contributed by atoms with Crippen molar-refractivity contribution >= 4 is 12.0 Å². The predicted octanol–water partition coefficient (Wildman–Crippen LogP) is 5.08. The fourth-order valence-corrected chi connectivity index (χ4v) is 1.58. The average molecular weight is 340 g/mol. The third-order valence-electron chi connectivity index (χ3n) is 2.43. The second kappa shape index (κ2) is 6.25. The average Bonchev–Trinajstić information content (AvgIpc) is 2.32. The smallest absolute Gasteiger partial charge is 0.416 e. The van der Waals surface area contributed by atoms with Crippen molar-refractivity contribution < 1.29 is 35.9 Å². The Bertz CT molecular complexity index is 574. The molecule has 0 amide bonds. The van der Waals surface area contributed by atoms with E-state index in [0.29, 0.717) is 12.1 Å². The topological polar surface area (TPSA) is 26.3 Å². The number of esters is 1. The van der Waals surface area contributed by atoms with Crippen LogP contribution in [0, 0.1) is 0 Å². The number of hydrogen-bond acceptors (Lipinski definition) is 2. The molecule has 1 aromatic carbocycles. The van der Waals surface area contributed by atoms with Crippen LogP contribution in [0.3, 0.4) is 0 Å². The van der Waals surface area contributed by atoms with Gasteiger partial charge in [-0.3, -0.25) is 0 Å². The largest absolute Gasteiger partial charge is 0.457 e. The molecule has 0 spiro atoms. The molecular weight excluding hydrogens is 326 g/mol. The van der Waals surface area contributed by atoms with Crippen molar-refractivity contribution in [3.63, 3.8) is 0 Å². The van der Waals surface area contributed by atoms with E-state index in [1.54, 1.807) is 20.8 Å². The molecule has 0 saturated carbocycles. The summed E-state index contributed by atoms with van der Waals surface area (Å²) < 4.78 is 80.9. The van der Waals surface area contributed by atoms with E-state index in [-0.39, 0.29) is 6.07 Å². The lowest BCUT2D eigenvalue weighted by Crippen LogP contribution is -2.22. The van der Waals surface area contributed by atoms with Crippen LogP contribution in [0.4, 0.5) is 26.3 Å². The van der Waals surface area contributed by atoms with Crippen LogP contribution in [-0.4, -0.2) is 11.6 Å². The summed E-state index contributed by atoms with van der Waals surface area (Å²) in [5, 5.41) is 0. The summed E-state index contributed by atoms with van der Waals surface area (Å²) in [6, 6.07) is 1.07. The molecule has 0 N–H and O–H groups in total. The molecule has 23 heavy (non-hydrogen) atoms. The maximum atomic E-state index is 12.7. The predicted molar refractivity (Wildman–Crippen MR) is 71.3 cm³/mol. The molecule has 0 fully saturated rings. The Balaban J connectivity index is 3.18. The highest BCUT2D eigenvalue weighted by molar-refractivity contribution is 5.87. The Morgan fingerprint density at radius 2 is 1.35 bits per heavy atom. The van der Waals surface area contributed by atoms with Gasteiger partial charge in [-0.05, 0) is 50.6 Å². The van der Waals surface area contributed by atoms with Gasteiger partial charge in [0.15, 0.2) is 0 Å². The molecule has 2 nitrogen and oxygen atoms in total. The molecule has 1 aromatic rings. The van der Waals surface area contributed by atoms with Gasteiger partial charge in [-0.25, -0.2) is 4.79 Å². The van der Waals surface area contributed by atoms with Crippen molar-refractivity contribution in [1.82, 2.24) is 0 Å². The van der Waals surface area contributed by atoms with Gasteiger partial charge in [0.05, 0.1) is 11.1 Å². The van der Waals surface area contributed by atoms with Crippen LogP contribution in [0.5, 0.6) is 0 Å². The van der Waals surface area contributed by atoms with Crippen LogP contribution in [0.25, 0.3) is 6.08 Å². The van der Waals surface area contributed by atoms with Gasteiger partial charge in [0, 0.05) is 6.08 Å². The summed E-state index contributed by atoms with van der Waals surface area (Å²) in [6.07, 6.45) is -8.25. The molecule has 8 heteroatoms. The van der Waals surface area contributed by atoms with Crippen LogP contribution in [0.2, 0.25) is 0 Å². The number of rotatable bonds is 2. The van der Waals surface area contributed by atoms with Gasteiger partial charge in [0.25, 0.3) is 0 Å². The molecule has 0 aliphatic carbocycles. The molecule has 0 aliphatic rings. The third-order valence-corrected chi connectivity index (χ3v) is 2.43. The highest BCUT2D eigenvalue weighted by atomic mass is 19.4. The zero-order valence-corrected chi connectivity index (χ0v) is 12.5. The van der Waals surface area contributed by atoms with Crippen molar-refractivity contribution in [1.29, 1.82) is 0 Å². The first kappa shape index (κ1) is 19.1. The lowest BCUT2D eigenvalue weighted by atomic mass is 10.0. The van der Waals surface area contributed by atoms with Gasteiger partial charge < -0.3 is 4.74 Å². The minimum Gasteiger partial charge on any atom is -0.457 e. The zero-order chi connectivity index (χ0) is 18.1. The second-order valence-electron chi connectivity index (χ2n) is 5.71. The first-order valence-corrected chi connectivity index (χ1v) is 6.39. The van der Waals surface area contributed by atoms with Gasteiger partial charge >= 0.3 is 18.3 Å². The number of alkyl halides is 6. The number of hydrogen-bond donors (Lipinski definition) is 0. The number of carbonyl (C=O) groups excluding carboxylic acids is 1. The quantitative estimate of drug-likeness (QED) is 0.426. The number of ether oxygens (including phenoxy) is 1. The molecule has 0 aromatic heterocycles. The fraction of sp³-hybridized carbons (Fsp3) is 0.400. The fourth-order valence-electron chi connectivity index (χ4n) is 1.58. The molecule has 0 aliphatic heterocycles. The van der Waals surface area contributed by atoms with Gasteiger partial charge in [0.2, 0.25) is 0 Å². The molecule has 0 heterocycles. The second-order valence-corrected chi connectivity index (χ2v) is 5.71. The van der Waals surface area contributed by atoms with E-state index in [4.69, 9.17) is 4.74 Å². The lowest BCUT2D eigenvalue weighted by molar-refractivity contribution is -0.148. The third kappa shape index (κ3) is 6.33. The Labute approximate surface area is 128 Å². The van der Waals surface area contributed by atoms with Gasteiger partial charge in [-0.2, -0.15) is 26.3 Å². The monoisotopic (exact) mass is 340 g/mol. The van der Waals surface area contributed by atoms with Crippen molar-refractivity contribution in [3.8, 4) is 0 Å². The standard InChI is InChI=1S/C15H14F6O2/c1-13(2,3)23-12(22)5-4-9-6-10(14(16,17)18)8-11(7-9)15(19,20)21/h4-8H,1-3H3/b5-4+. The lowest BCUT2D eigenvalue weighted by Gasteiger charge is -2.18. The van der Waals surface area contributed by atoms with Crippen molar-refractivity contribution in [3.05, 3.63) is 41.0 Å². The summed E-state index contributed by atoms with van der Waals surface area (Å²) in [4.78, 5) is 11.4. The first-order chi connectivity index (χ1) is 10.2. The van der Waals surface area contributed by atoms with E-state index in [0.717, 1.165) is 12.2 Å². The highest BCUT2D eigenvalue weighted by Crippen LogP contribution is 2.36. The van der Waals surface area contributed by atoms with Crippen molar-refractivity contribution in [2.24, 2.45) is 0 Å². The van der Waals surface area contributed by atoms with E-state index in [1.807, 2.05) is 0 Å². The van der Waals surface area contributed by atoms with Crippen molar-refractivity contribution in [2.45, 2.75) is 38.7 Å². The first-order valence-electron chi connectivity index (χ1n) is 6.39. The Morgan fingerprint density at radius 1 is 0.913 bits per heavy atom. The van der Waals surface area contributed by atoms with Gasteiger partial charge in [-0.1, -0.05) is 0 Å². The summed E-state index contributed by atoms with van der Waals surface area (Å²) in [6.45, 7) is 4.72. The van der Waals surface area contributed by atoms with Crippen LogP contribution in [0.1, 0.15) is 37.5 Å². The van der Waals surface area contributed by atoms with Gasteiger partial charge in [-0.15, -0.1) is 0 Å². The summed E-state index contributed by atoms with van der Waals surface area (Å²) in [5.41, 5.74) is -4.13. The Morgan fingerprint density at radius 3 is 1.70 bits per heavy atom. The normalized spacial score (nSPS) is 13.4. The van der Waals surface area contributed by atoms with E-state index >= 15 is 0 Å². The van der Waals surface area contributed by atoms with Crippen LogP contribution < -0.4 is 0 Å². The molecule has 0 atom stereocenters. The van der Waals surface area contributed by atoms with Gasteiger partial charge in [0.1, 0.15) is 5.60 Å². The van der Waals surface area contributed by atoms with E-state index in [2.05, 4.69) is 0 Å². The zero-order valence-electron chi connectivity index (χ0n) is 12.5. The molecule has 0 bridgehead atoms. The van der Waals surface area contributed by atoms with E-state index in [1.165, 1.54) is 0 Å². The van der Waals surface area contributed by atoms with Crippen LogP contribution in [-0.2, 0) is 21.9 Å². The van der Waals surface area contributed by atoms with Crippen LogP contribution >= 0.6 is 0 Å². The molecular formula is C15H14F6O2. The SMILES string of the molecule is CC(C)(C)OC(=O)/C=C/c1cc(C(F)(F)F)cc(C(F)(F)F)c1. The molecule has 1 rings (SSSR count). The van der Waals surface area contributed by atoms with E-state index < -0.39 is 40.6 Å². The summed E-state index contributed by atoms with van der Waals surface area (Å²) >= 11 is 0. The molecule has 0 unspecified atom stereocenters. The maximum absolute atomic E-state index is 12.7. The number of halogens is 6. The Hall–Kier alpha value is -1.99. The molecule has 0 radical (unpaired) electrons. The highest BCUT2D eigenvalue weighted by Gasteiger charge is 2.36. The molecule has 0 saturated heterocycles.